The number of rotatable bonds is 5. The highest BCUT2D eigenvalue weighted by atomic mass is 79.9. The molecule has 0 saturated carbocycles. The molecule has 0 heterocycles. The van der Waals surface area contributed by atoms with Crippen molar-refractivity contribution in [3.8, 4) is 5.75 Å². The minimum atomic E-state index is 0.418. The molecule has 0 atom stereocenters. The third-order valence-corrected chi connectivity index (χ3v) is 4.49. The molecular weight excluding hydrogens is 326 g/mol. The van der Waals surface area contributed by atoms with Gasteiger partial charge >= 0.3 is 0 Å². The molecule has 0 aliphatic carbocycles. The zero-order valence-electron chi connectivity index (χ0n) is 12.8. The van der Waals surface area contributed by atoms with Gasteiger partial charge in [-0.05, 0) is 47.2 Å². The third-order valence-electron chi connectivity index (χ3n) is 3.63. The molecule has 21 heavy (non-hydrogen) atoms. The van der Waals surface area contributed by atoms with Gasteiger partial charge in [-0.1, -0.05) is 54.0 Å². The van der Waals surface area contributed by atoms with Crippen LogP contribution in [0.2, 0.25) is 0 Å². The fourth-order valence-electron chi connectivity index (χ4n) is 2.30. The molecule has 2 N–H and O–H groups in total. The maximum atomic E-state index is 6.09. The second kappa shape index (κ2) is 7.10. The van der Waals surface area contributed by atoms with Crippen LogP contribution in [-0.2, 0) is 13.2 Å². The highest BCUT2D eigenvalue weighted by molar-refractivity contribution is 9.10. The van der Waals surface area contributed by atoms with Gasteiger partial charge in [0.2, 0.25) is 0 Å². The van der Waals surface area contributed by atoms with Crippen molar-refractivity contribution in [3.05, 3.63) is 63.1 Å². The molecule has 3 heteroatoms. The summed E-state index contributed by atoms with van der Waals surface area (Å²) in [6.07, 6.45) is 0. The van der Waals surface area contributed by atoms with E-state index in [0.29, 0.717) is 19.1 Å². The van der Waals surface area contributed by atoms with Gasteiger partial charge in [0.15, 0.2) is 0 Å². The maximum Gasteiger partial charge on any atom is 0.123 e. The summed E-state index contributed by atoms with van der Waals surface area (Å²) in [7, 11) is 0. The fraction of sp³-hybridized carbons (Fsp3) is 0.333. The lowest BCUT2D eigenvalue weighted by molar-refractivity contribution is 0.300. The van der Waals surface area contributed by atoms with Gasteiger partial charge in [0.25, 0.3) is 0 Å². The van der Waals surface area contributed by atoms with E-state index >= 15 is 0 Å². The fourth-order valence-corrected chi connectivity index (χ4v) is 2.66. The van der Waals surface area contributed by atoms with Crippen molar-refractivity contribution in [2.75, 3.05) is 0 Å². The molecule has 0 radical (unpaired) electrons. The van der Waals surface area contributed by atoms with Gasteiger partial charge in [0, 0.05) is 11.0 Å². The van der Waals surface area contributed by atoms with Crippen LogP contribution in [0.3, 0.4) is 0 Å². The SMILES string of the molecule is Cc1cc(OCc2ccccc2CN)c(C(C)C)cc1Br. The van der Waals surface area contributed by atoms with Crippen molar-refractivity contribution in [2.45, 2.75) is 39.8 Å². The molecule has 0 bridgehead atoms. The molecule has 2 nitrogen and oxygen atoms in total. The van der Waals surface area contributed by atoms with Crippen LogP contribution in [0.1, 0.15) is 42.0 Å². The van der Waals surface area contributed by atoms with E-state index in [2.05, 4.69) is 61.0 Å². The van der Waals surface area contributed by atoms with Gasteiger partial charge in [-0.3, -0.25) is 0 Å². The summed E-state index contributed by atoms with van der Waals surface area (Å²) in [5.74, 6) is 1.37. The highest BCUT2D eigenvalue weighted by Gasteiger charge is 2.11. The third kappa shape index (κ3) is 3.86. The van der Waals surface area contributed by atoms with E-state index in [1.807, 2.05) is 12.1 Å². The second-order valence-electron chi connectivity index (χ2n) is 5.56. The van der Waals surface area contributed by atoms with E-state index in [9.17, 15) is 0 Å². The molecule has 2 aromatic carbocycles. The topological polar surface area (TPSA) is 35.2 Å². The summed E-state index contributed by atoms with van der Waals surface area (Å²) in [6, 6.07) is 12.4. The van der Waals surface area contributed by atoms with Crippen molar-refractivity contribution >= 4 is 15.9 Å². The Hall–Kier alpha value is -1.32. The number of benzene rings is 2. The zero-order valence-corrected chi connectivity index (χ0v) is 14.4. The summed E-state index contributed by atoms with van der Waals surface area (Å²) in [4.78, 5) is 0. The molecule has 0 aromatic heterocycles. The van der Waals surface area contributed by atoms with Crippen LogP contribution < -0.4 is 10.5 Å². The minimum absolute atomic E-state index is 0.418. The summed E-state index contributed by atoms with van der Waals surface area (Å²) in [5, 5.41) is 0. The van der Waals surface area contributed by atoms with E-state index < -0.39 is 0 Å². The highest BCUT2D eigenvalue weighted by Crippen LogP contribution is 2.32. The quantitative estimate of drug-likeness (QED) is 0.832. The molecular formula is C18H22BrNO. The van der Waals surface area contributed by atoms with Gasteiger partial charge in [-0.25, -0.2) is 0 Å². The molecule has 2 rings (SSSR count). The monoisotopic (exact) mass is 347 g/mol. The Morgan fingerprint density at radius 3 is 2.43 bits per heavy atom. The van der Waals surface area contributed by atoms with Crippen molar-refractivity contribution in [1.82, 2.24) is 0 Å². The Morgan fingerprint density at radius 1 is 1.14 bits per heavy atom. The molecule has 0 saturated heterocycles. The number of aryl methyl sites for hydroxylation is 1. The van der Waals surface area contributed by atoms with Gasteiger partial charge < -0.3 is 10.5 Å². The first-order valence-electron chi connectivity index (χ1n) is 7.22. The lowest BCUT2D eigenvalue weighted by atomic mass is 10.0. The normalized spacial score (nSPS) is 11.0. The standard InChI is InChI=1S/C18H22BrNO/c1-12(2)16-9-17(19)13(3)8-18(16)21-11-15-7-5-4-6-14(15)10-20/h4-9,12H,10-11,20H2,1-3H3. The number of ether oxygens (including phenoxy) is 1. The summed E-state index contributed by atoms with van der Waals surface area (Å²) < 4.78 is 7.21. The summed E-state index contributed by atoms with van der Waals surface area (Å²) >= 11 is 3.60. The first kappa shape index (κ1) is 16.1. The minimum Gasteiger partial charge on any atom is -0.489 e. The van der Waals surface area contributed by atoms with Crippen LogP contribution in [0.25, 0.3) is 0 Å². The van der Waals surface area contributed by atoms with E-state index in [0.717, 1.165) is 21.3 Å². The number of nitrogens with two attached hydrogens (primary N) is 1. The molecule has 0 fully saturated rings. The van der Waals surface area contributed by atoms with Crippen LogP contribution >= 0.6 is 15.9 Å². The van der Waals surface area contributed by atoms with E-state index in [4.69, 9.17) is 10.5 Å². The van der Waals surface area contributed by atoms with E-state index in [1.54, 1.807) is 0 Å². The van der Waals surface area contributed by atoms with Gasteiger partial charge in [-0.2, -0.15) is 0 Å². The van der Waals surface area contributed by atoms with Crippen LogP contribution in [0.4, 0.5) is 0 Å². The predicted octanol–water partition coefficient (Wildman–Crippen LogP) is 4.92. The molecule has 0 unspecified atom stereocenters. The lowest BCUT2D eigenvalue weighted by Crippen LogP contribution is -2.06. The zero-order chi connectivity index (χ0) is 15.4. The molecule has 2 aromatic rings. The van der Waals surface area contributed by atoms with E-state index in [-0.39, 0.29) is 0 Å². The van der Waals surface area contributed by atoms with E-state index in [1.165, 1.54) is 11.1 Å². The lowest BCUT2D eigenvalue weighted by Gasteiger charge is -2.17. The number of hydrogen-bond acceptors (Lipinski definition) is 2. The van der Waals surface area contributed by atoms with Crippen molar-refractivity contribution in [1.29, 1.82) is 0 Å². The Balaban J connectivity index is 2.25. The largest absolute Gasteiger partial charge is 0.489 e. The van der Waals surface area contributed by atoms with Crippen molar-refractivity contribution in [2.24, 2.45) is 5.73 Å². The summed E-state index contributed by atoms with van der Waals surface area (Å²) in [5.41, 5.74) is 10.5. The Morgan fingerprint density at radius 2 is 1.81 bits per heavy atom. The Labute approximate surface area is 135 Å². The van der Waals surface area contributed by atoms with Gasteiger partial charge in [0.1, 0.15) is 12.4 Å². The molecule has 0 aliphatic heterocycles. The van der Waals surface area contributed by atoms with Crippen LogP contribution in [-0.4, -0.2) is 0 Å². The summed E-state index contributed by atoms with van der Waals surface area (Å²) in [6.45, 7) is 7.52. The molecule has 112 valence electrons. The number of halogens is 1. The van der Waals surface area contributed by atoms with Crippen molar-refractivity contribution in [3.63, 3.8) is 0 Å². The smallest absolute Gasteiger partial charge is 0.123 e. The predicted molar refractivity (Wildman–Crippen MR) is 91.6 cm³/mol. The average Bonchev–Trinajstić information content (AvgIpc) is 2.48. The molecule has 0 spiro atoms. The number of hydrogen-bond donors (Lipinski definition) is 1. The second-order valence-corrected chi connectivity index (χ2v) is 6.41. The maximum absolute atomic E-state index is 6.09. The van der Waals surface area contributed by atoms with Gasteiger partial charge in [0.05, 0.1) is 0 Å². The molecule has 0 aliphatic rings. The van der Waals surface area contributed by atoms with Crippen molar-refractivity contribution < 1.29 is 4.74 Å². The Kier molecular flexibility index (Phi) is 5.43. The van der Waals surface area contributed by atoms with Crippen LogP contribution in [0.15, 0.2) is 40.9 Å². The Bertz CT molecular complexity index is 623. The average molecular weight is 348 g/mol. The van der Waals surface area contributed by atoms with Crippen LogP contribution in [0, 0.1) is 6.92 Å². The first-order valence-corrected chi connectivity index (χ1v) is 8.02. The first-order chi connectivity index (χ1) is 10.0. The van der Waals surface area contributed by atoms with Gasteiger partial charge in [-0.15, -0.1) is 0 Å². The molecule has 0 amide bonds. The van der Waals surface area contributed by atoms with Crippen LogP contribution in [0.5, 0.6) is 5.75 Å².